The molecule has 3 rings (SSSR count). The van der Waals surface area contributed by atoms with Crippen LogP contribution in [-0.2, 0) is 4.79 Å². The first kappa shape index (κ1) is 20.8. The molecule has 0 bridgehead atoms. The first-order valence-electron chi connectivity index (χ1n) is 8.96. The summed E-state index contributed by atoms with van der Waals surface area (Å²) in [7, 11) is 0. The van der Waals surface area contributed by atoms with E-state index < -0.39 is 0 Å². The fraction of sp³-hybridized carbons (Fsp3) is 0.0909. The van der Waals surface area contributed by atoms with Gasteiger partial charge in [-0.15, -0.1) is 11.8 Å². The van der Waals surface area contributed by atoms with Crippen LogP contribution in [0, 0.1) is 0 Å². The van der Waals surface area contributed by atoms with Crippen molar-refractivity contribution in [3.8, 4) is 0 Å². The molecule has 0 fully saturated rings. The van der Waals surface area contributed by atoms with E-state index in [-0.39, 0.29) is 17.2 Å². The molecule has 0 aliphatic heterocycles. The lowest BCUT2D eigenvalue weighted by molar-refractivity contribution is -0.115. The van der Waals surface area contributed by atoms with Gasteiger partial charge in [0, 0.05) is 27.0 Å². The lowest BCUT2D eigenvalue weighted by Crippen LogP contribution is -2.22. The highest BCUT2D eigenvalue weighted by molar-refractivity contribution is 8.00. The molecule has 0 aliphatic carbocycles. The highest BCUT2D eigenvalue weighted by atomic mass is 35.5. The van der Waals surface area contributed by atoms with Gasteiger partial charge in [-0.25, -0.2) is 4.79 Å². The number of nitrogens with one attached hydrogen (secondary N) is 3. The third-order valence-corrected chi connectivity index (χ3v) is 5.27. The van der Waals surface area contributed by atoms with E-state index >= 15 is 0 Å². The number of hydrogen-bond acceptors (Lipinski definition) is 3. The van der Waals surface area contributed by atoms with Gasteiger partial charge in [-0.2, -0.15) is 0 Å². The Kier molecular flexibility index (Phi) is 7.16. The monoisotopic (exact) mass is 425 g/mol. The average molecular weight is 426 g/mol. The summed E-state index contributed by atoms with van der Waals surface area (Å²) in [6, 6.07) is 23.3. The Bertz CT molecular complexity index is 981. The second kappa shape index (κ2) is 10.0. The van der Waals surface area contributed by atoms with Crippen LogP contribution in [0.5, 0.6) is 0 Å². The van der Waals surface area contributed by atoms with Gasteiger partial charge in [0.05, 0.1) is 5.25 Å². The molecule has 29 heavy (non-hydrogen) atoms. The molecule has 1 atom stereocenters. The quantitative estimate of drug-likeness (QED) is 0.417. The first-order valence-corrected chi connectivity index (χ1v) is 10.2. The van der Waals surface area contributed by atoms with Gasteiger partial charge in [0.1, 0.15) is 0 Å². The number of para-hydroxylation sites is 1. The van der Waals surface area contributed by atoms with E-state index in [1.807, 2.05) is 49.4 Å². The minimum atomic E-state index is -0.314. The lowest BCUT2D eigenvalue weighted by Gasteiger charge is -2.13. The molecule has 3 aromatic rings. The van der Waals surface area contributed by atoms with Gasteiger partial charge < -0.3 is 16.0 Å². The number of rotatable bonds is 6. The summed E-state index contributed by atoms with van der Waals surface area (Å²) in [4.78, 5) is 25.3. The Labute approximate surface area is 178 Å². The predicted octanol–water partition coefficient (Wildman–Crippen LogP) is 6.10. The Morgan fingerprint density at radius 2 is 1.41 bits per heavy atom. The van der Waals surface area contributed by atoms with Crippen LogP contribution in [0.3, 0.4) is 0 Å². The van der Waals surface area contributed by atoms with Crippen molar-refractivity contribution in [1.29, 1.82) is 0 Å². The van der Waals surface area contributed by atoms with Crippen molar-refractivity contribution in [3.63, 3.8) is 0 Å². The van der Waals surface area contributed by atoms with Crippen molar-refractivity contribution in [2.45, 2.75) is 17.1 Å². The second-order valence-electron chi connectivity index (χ2n) is 6.23. The van der Waals surface area contributed by atoms with E-state index in [9.17, 15) is 9.59 Å². The van der Waals surface area contributed by atoms with E-state index in [0.29, 0.717) is 16.4 Å². The molecule has 3 amide bonds. The molecule has 0 aliphatic rings. The number of anilines is 3. The van der Waals surface area contributed by atoms with Crippen molar-refractivity contribution in [2.75, 3.05) is 16.0 Å². The van der Waals surface area contributed by atoms with Gasteiger partial charge in [0.15, 0.2) is 0 Å². The zero-order chi connectivity index (χ0) is 20.6. The molecule has 0 heterocycles. The number of benzene rings is 3. The van der Waals surface area contributed by atoms with Crippen LogP contribution >= 0.6 is 23.4 Å². The molecule has 0 spiro atoms. The number of thioether (sulfide) groups is 1. The van der Waals surface area contributed by atoms with Gasteiger partial charge >= 0.3 is 6.03 Å². The summed E-state index contributed by atoms with van der Waals surface area (Å²) in [5.41, 5.74) is 2.05. The zero-order valence-electron chi connectivity index (χ0n) is 15.7. The van der Waals surface area contributed by atoms with E-state index in [1.54, 1.807) is 36.4 Å². The fourth-order valence-electron chi connectivity index (χ4n) is 2.50. The molecular formula is C22H20ClN3O2S. The highest BCUT2D eigenvalue weighted by Crippen LogP contribution is 2.26. The van der Waals surface area contributed by atoms with Crippen LogP contribution in [-0.4, -0.2) is 17.2 Å². The minimum Gasteiger partial charge on any atom is -0.325 e. The standard InChI is InChI=1S/C22H20ClN3O2S/c1-15(21(27)24-19-9-5-6-16(23)14-19)29-20-12-10-18(11-13-20)26-22(28)25-17-7-3-2-4-8-17/h2-15H,1H3,(H,24,27)(H2,25,26,28). The number of carbonyl (C=O) groups is 2. The molecule has 148 valence electrons. The molecule has 7 heteroatoms. The SMILES string of the molecule is CC(Sc1ccc(NC(=O)Nc2ccccc2)cc1)C(=O)Nc1cccc(Cl)c1. The summed E-state index contributed by atoms with van der Waals surface area (Å²) in [6.45, 7) is 1.84. The topological polar surface area (TPSA) is 70.2 Å². The Balaban J connectivity index is 1.51. The fourth-order valence-corrected chi connectivity index (χ4v) is 3.56. The minimum absolute atomic E-state index is 0.110. The largest absolute Gasteiger partial charge is 0.325 e. The third kappa shape index (κ3) is 6.55. The summed E-state index contributed by atoms with van der Waals surface area (Å²) >= 11 is 7.37. The van der Waals surface area contributed by atoms with E-state index in [2.05, 4.69) is 16.0 Å². The Hall–Kier alpha value is -2.96. The summed E-state index contributed by atoms with van der Waals surface area (Å²) in [6.07, 6.45) is 0. The van der Waals surface area contributed by atoms with Gasteiger partial charge in [-0.3, -0.25) is 4.79 Å². The summed E-state index contributed by atoms with van der Waals surface area (Å²) in [5, 5.41) is 8.67. The Morgan fingerprint density at radius 3 is 2.07 bits per heavy atom. The van der Waals surface area contributed by atoms with Gasteiger partial charge in [-0.1, -0.05) is 35.9 Å². The van der Waals surface area contributed by atoms with Crippen LogP contribution < -0.4 is 16.0 Å². The molecule has 0 saturated heterocycles. The molecule has 0 aromatic heterocycles. The van der Waals surface area contributed by atoms with E-state index in [0.717, 1.165) is 10.6 Å². The van der Waals surface area contributed by atoms with Crippen molar-refractivity contribution in [3.05, 3.63) is 83.9 Å². The van der Waals surface area contributed by atoms with Crippen molar-refractivity contribution in [1.82, 2.24) is 0 Å². The maximum Gasteiger partial charge on any atom is 0.323 e. The van der Waals surface area contributed by atoms with Crippen LogP contribution in [0.4, 0.5) is 21.9 Å². The molecule has 0 saturated carbocycles. The maximum absolute atomic E-state index is 12.4. The second-order valence-corrected chi connectivity index (χ2v) is 8.08. The van der Waals surface area contributed by atoms with E-state index in [1.165, 1.54) is 11.8 Å². The normalized spacial score (nSPS) is 11.4. The molecular weight excluding hydrogens is 406 g/mol. The predicted molar refractivity (Wildman–Crippen MR) is 121 cm³/mol. The van der Waals surface area contributed by atoms with Crippen molar-refractivity contribution in [2.24, 2.45) is 0 Å². The van der Waals surface area contributed by atoms with Crippen LogP contribution in [0.1, 0.15) is 6.92 Å². The lowest BCUT2D eigenvalue weighted by atomic mass is 10.3. The average Bonchev–Trinajstić information content (AvgIpc) is 2.70. The van der Waals surface area contributed by atoms with Gasteiger partial charge in [-0.05, 0) is 61.5 Å². The number of urea groups is 1. The van der Waals surface area contributed by atoms with Crippen LogP contribution in [0.2, 0.25) is 5.02 Å². The number of amides is 3. The number of carbonyl (C=O) groups excluding carboxylic acids is 2. The molecule has 0 radical (unpaired) electrons. The van der Waals surface area contributed by atoms with Crippen LogP contribution in [0.25, 0.3) is 0 Å². The maximum atomic E-state index is 12.4. The van der Waals surface area contributed by atoms with E-state index in [4.69, 9.17) is 11.6 Å². The number of hydrogen-bond donors (Lipinski definition) is 3. The van der Waals surface area contributed by atoms with Gasteiger partial charge in [0.25, 0.3) is 0 Å². The molecule has 3 N–H and O–H groups in total. The zero-order valence-corrected chi connectivity index (χ0v) is 17.3. The van der Waals surface area contributed by atoms with Crippen molar-refractivity contribution >= 4 is 52.4 Å². The molecule has 3 aromatic carbocycles. The molecule has 5 nitrogen and oxygen atoms in total. The summed E-state index contributed by atoms with van der Waals surface area (Å²) < 4.78 is 0. The van der Waals surface area contributed by atoms with Gasteiger partial charge in [0.2, 0.25) is 5.91 Å². The van der Waals surface area contributed by atoms with Crippen molar-refractivity contribution < 1.29 is 9.59 Å². The Morgan fingerprint density at radius 1 is 0.793 bits per heavy atom. The third-order valence-electron chi connectivity index (χ3n) is 3.92. The first-order chi connectivity index (χ1) is 14.0. The summed E-state index contributed by atoms with van der Waals surface area (Å²) in [5.74, 6) is -0.110. The van der Waals surface area contributed by atoms with Crippen LogP contribution in [0.15, 0.2) is 83.8 Å². The molecule has 1 unspecified atom stereocenters. The number of halogens is 1. The smallest absolute Gasteiger partial charge is 0.323 e. The highest BCUT2D eigenvalue weighted by Gasteiger charge is 2.15.